The molecule has 0 radical (unpaired) electrons. The number of methoxy groups -OCH3 is 1. The molecule has 2 aliphatic rings. The summed E-state index contributed by atoms with van der Waals surface area (Å²) in [6.07, 6.45) is 4.50. The van der Waals surface area contributed by atoms with E-state index in [2.05, 4.69) is 5.32 Å². The van der Waals surface area contributed by atoms with Crippen LogP contribution >= 0.6 is 0 Å². The van der Waals surface area contributed by atoms with Gasteiger partial charge < -0.3 is 10.1 Å². The number of hydrogen-bond donors (Lipinski definition) is 1. The van der Waals surface area contributed by atoms with E-state index in [1.54, 1.807) is 0 Å². The topological polar surface area (TPSA) is 21.3 Å². The van der Waals surface area contributed by atoms with Crippen LogP contribution in [0, 0.1) is 5.92 Å². The summed E-state index contributed by atoms with van der Waals surface area (Å²) in [4.78, 5) is 0. The molecule has 1 saturated heterocycles. The molecular formula is C8H15NO. The maximum Gasteiger partial charge on any atom is 0.0626 e. The zero-order chi connectivity index (χ0) is 6.97. The lowest BCUT2D eigenvalue weighted by molar-refractivity contribution is -0.0281. The molecule has 1 aliphatic carbocycles. The van der Waals surface area contributed by atoms with E-state index in [4.69, 9.17) is 4.74 Å². The summed E-state index contributed by atoms with van der Waals surface area (Å²) < 4.78 is 5.39. The monoisotopic (exact) mass is 141 g/mol. The molecule has 0 amide bonds. The van der Waals surface area contributed by atoms with E-state index in [-0.39, 0.29) is 0 Å². The normalized spacial score (nSPS) is 45.9. The van der Waals surface area contributed by atoms with Crippen molar-refractivity contribution in [3.8, 4) is 0 Å². The molecule has 1 heterocycles. The maximum absolute atomic E-state index is 5.39. The Morgan fingerprint density at radius 1 is 1.30 bits per heavy atom. The van der Waals surface area contributed by atoms with Crippen LogP contribution in [0.5, 0.6) is 0 Å². The number of ether oxygens (including phenoxy) is 1. The average molecular weight is 141 g/mol. The lowest BCUT2D eigenvalue weighted by Crippen LogP contribution is -2.55. The molecule has 1 saturated carbocycles. The molecular weight excluding hydrogens is 126 g/mol. The first-order valence-electron chi connectivity index (χ1n) is 4.18. The van der Waals surface area contributed by atoms with Gasteiger partial charge in [0.1, 0.15) is 0 Å². The molecule has 10 heavy (non-hydrogen) atoms. The van der Waals surface area contributed by atoms with Crippen LogP contribution in [0.4, 0.5) is 0 Å². The van der Waals surface area contributed by atoms with Crippen molar-refractivity contribution in [1.82, 2.24) is 5.32 Å². The summed E-state index contributed by atoms with van der Waals surface area (Å²) in [5.74, 6) is 0.832. The van der Waals surface area contributed by atoms with Crippen molar-refractivity contribution in [3.63, 3.8) is 0 Å². The van der Waals surface area contributed by atoms with Crippen LogP contribution in [0.1, 0.15) is 19.3 Å². The molecule has 0 aromatic rings. The molecule has 2 rings (SSSR count). The molecule has 0 spiro atoms. The Morgan fingerprint density at radius 2 is 2.20 bits per heavy atom. The minimum Gasteiger partial charge on any atom is -0.381 e. The van der Waals surface area contributed by atoms with Crippen molar-refractivity contribution >= 4 is 0 Å². The van der Waals surface area contributed by atoms with Crippen molar-refractivity contribution in [1.29, 1.82) is 0 Å². The molecule has 3 atom stereocenters. The van der Waals surface area contributed by atoms with Gasteiger partial charge >= 0.3 is 0 Å². The minimum atomic E-state index is 0.556. The highest BCUT2D eigenvalue weighted by atomic mass is 16.5. The lowest BCUT2D eigenvalue weighted by Gasteiger charge is -2.45. The number of fused-ring (bicyclic) bond motifs is 1. The first kappa shape index (κ1) is 6.62. The van der Waals surface area contributed by atoms with Crippen molar-refractivity contribution in [2.75, 3.05) is 13.7 Å². The van der Waals surface area contributed by atoms with Gasteiger partial charge in [-0.2, -0.15) is 0 Å². The van der Waals surface area contributed by atoms with Crippen LogP contribution < -0.4 is 5.32 Å². The van der Waals surface area contributed by atoms with E-state index in [1.807, 2.05) is 7.11 Å². The number of nitrogens with one attached hydrogen (secondary N) is 1. The molecule has 58 valence electrons. The van der Waals surface area contributed by atoms with Gasteiger partial charge in [-0.3, -0.25) is 0 Å². The fraction of sp³-hybridized carbons (Fsp3) is 1.00. The van der Waals surface area contributed by atoms with Crippen LogP contribution in [-0.4, -0.2) is 25.8 Å². The first-order chi connectivity index (χ1) is 4.92. The largest absolute Gasteiger partial charge is 0.381 e. The van der Waals surface area contributed by atoms with Crippen LogP contribution in [0.3, 0.4) is 0 Å². The highest BCUT2D eigenvalue weighted by Crippen LogP contribution is 2.35. The second kappa shape index (κ2) is 2.51. The highest BCUT2D eigenvalue weighted by molar-refractivity contribution is 4.95. The van der Waals surface area contributed by atoms with Crippen LogP contribution in [-0.2, 0) is 4.74 Å². The van der Waals surface area contributed by atoms with Crippen molar-refractivity contribution in [2.24, 2.45) is 5.92 Å². The zero-order valence-corrected chi connectivity index (χ0v) is 6.47. The molecule has 0 aromatic carbocycles. The molecule has 1 N–H and O–H groups in total. The van der Waals surface area contributed by atoms with Gasteiger partial charge in [0, 0.05) is 19.1 Å². The van der Waals surface area contributed by atoms with Gasteiger partial charge in [-0.25, -0.2) is 0 Å². The molecule has 0 aromatic heterocycles. The lowest BCUT2D eigenvalue weighted by atomic mass is 9.73. The third-order valence-corrected chi connectivity index (χ3v) is 2.94. The molecule has 2 heteroatoms. The van der Waals surface area contributed by atoms with Crippen molar-refractivity contribution in [2.45, 2.75) is 31.4 Å². The van der Waals surface area contributed by atoms with E-state index in [0.717, 1.165) is 18.5 Å². The van der Waals surface area contributed by atoms with E-state index in [1.165, 1.54) is 19.3 Å². The molecule has 1 aliphatic heterocycles. The van der Waals surface area contributed by atoms with Crippen molar-refractivity contribution < 1.29 is 4.74 Å². The molecule has 3 unspecified atom stereocenters. The van der Waals surface area contributed by atoms with Crippen LogP contribution in [0.25, 0.3) is 0 Å². The van der Waals surface area contributed by atoms with E-state index in [0.29, 0.717) is 6.10 Å². The van der Waals surface area contributed by atoms with Gasteiger partial charge in [0.2, 0.25) is 0 Å². The van der Waals surface area contributed by atoms with E-state index < -0.39 is 0 Å². The smallest absolute Gasteiger partial charge is 0.0626 e. The van der Waals surface area contributed by atoms with Gasteiger partial charge in [-0.15, -0.1) is 0 Å². The predicted molar refractivity (Wildman–Crippen MR) is 39.9 cm³/mol. The quantitative estimate of drug-likeness (QED) is 0.582. The third-order valence-electron chi connectivity index (χ3n) is 2.94. The van der Waals surface area contributed by atoms with Gasteiger partial charge in [0.15, 0.2) is 0 Å². The zero-order valence-electron chi connectivity index (χ0n) is 6.47. The Kier molecular flexibility index (Phi) is 1.66. The fourth-order valence-corrected chi connectivity index (χ4v) is 2.14. The number of hydrogen-bond acceptors (Lipinski definition) is 2. The van der Waals surface area contributed by atoms with Gasteiger partial charge in [-0.1, -0.05) is 0 Å². The molecule has 2 nitrogen and oxygen atoms in total. The minimum absolute atomic E-state index is 0.556. The maximum atomic E-state index is 5.39. The highest BCUT2D eigenvalue weighted by Gasteiger charge is 2.39. The molecule has 2 fully saturated rings. The van der Waals surface area contributed by atoms with Crippen LogP contribution in [0.15, 0.2) is 0 Å². The fourth-order valence-electron chi connectivity index (χ4n) is 2.14. The Bertz CT molecular complexity index is 124. The summed E-state index contributed by atoms with van der Waals surface area (Å²) in [5, 5.41) is 3.50. The Balaban J connectivity index is 1.94. The summed E-state index contributed by atoms with van der Waals surface area (Å²) in [7, 11) is 1.84. The summed E-state index contributed by atoms with van der Waals surface area (Å²) in [5.41, 5.74) is 0. The predicted octanol–water partition coefficient (Wildman–Crippen LogP) is 0.773. The van der Waals surface area contributed by atoms with Gasteiger partial charge in [-0.05, 0) is 25.8 Å². The first-order valence-corrected chi connectivity index (χ1v) is 4.18. The Hall–Kier alpha value is -0.0800. The third kappa shape index (κ3) is 0.867. The standard InChI is InChI=1S/C8H15NO/c1-10-8-4-5-9-7-3-2-6(7)8/h6-9H,2-5H2,1H3. The van der Waals surface area contributed by atoms with Crippen LogP contribution in [0.2, 0.25) is 0 Å². The van der Waals surface area contributed by atoms with E-state index in [9.17, 15) is 0 Å². The Labute approximate surface area is 61.9 Å². The second-order valence-corrected chi connectivity index (χ2v) is 3.36. The number of rotatable bonds is 1. The number of piperidine rings is 1. The SMILES string of the molecule is COC1CCNC2CCC21. The average Bonchev–Trinajstić information content (AvgIpc) is 1.91. The Morgan fingerprint density at radius 3 is 2.70 bits per heavy atom. The molecule has 0 bridgehead atoms. The summed E-state index contributed by atoms with van der Waals surface area (Å²) in [6.45, 7) is 1.15. The van der Waals surface area contributed by atoms with Gasteiger partial charge in [0.05, 0.1) is 6.10 Å². The second-order valence-electron chi connectivity index (χ2n) is 3.36. The van der Waals surface area contributed by atoms with E-state index >= 15 is 0 Å². The summed E-state index contributed by atoms with van der Waals surface area (Å²) >= 11 is 0. The summed E-state index contributed by atoms with van der Waals surface area (Å²) in [6, 6.07) is 0.790. The van der Waals surface area contributed by atoms with Crippen molar-refractivity contribution in [3.05, 3.63) is 0 Å². The van der Waals surface area contributed by atoms with Gasteiger partial charge in [0.25, 0.3) is 0 Å².